The molecule has 3 unspecified atom stereocenters. The van der Waals surface area contributed by atoms with Gasteiger partial charge in [0, 0.05) is 12.1 Å². The van der Waals surface area contributed by atoms with Crippen molar-refractivity contribution in [1.29, 1.82) is 0 Å². The molecule has 3 N–H and O–H groups in total. The van der Waals surface area contributed by atoms with E-state index >= 15 is 0 Å². The normalized spacial score (nSPS) is 33.0. The molecule has 0 bridgehead atoms. The second-order valence-electron chi connectivity index (χ2n) is 6.29. The van der Waals surface area contributed by atoms with Gasteiger partial charge in [0.25, 0.3) is 0 Å². The van der Waals surface area contributed by atoms with E-state index in [-0.39, 0.29) is 17.6 Å². The molecule has 18 heavy (non-hydrogen) atoms. The molecule has 0 aromatic rings. The number of carbonyl (C=O) groups excluding carboxylic acids is 1. The van der Waals surface area contributed by atoms with Gasteiger partial charge in [0.15, 0.2) is 0 Å². The van der Waals surface area contributed by atoms with E-state index in [4.69, 9.17) is 0 Å². The molecular formula is C14H27N3O. The van der Waals surface area contributed by atoms with Crippen LogP contribution in [-0.4, -0.2) is 30.2 Å². The van der Waals surface area contributed by atoms with Crippen LogP contribution in [0, 0.1) is 5.92 Å². The van der Waals surface area contributed by atoms with E-state index < -0.39 is 0 Å². The van der Waals surface area contributed by atoms with Gasteiger partial charge in [-0.2, -0.15) is 0 Å². The predicted molar refractivity (Wildman–Crippen MR) is 73.6 cm³/mol. The highest BCUT2D eigenvalue weighted by Gasteiger charge is 2.45. The van der Waals surface area contributed by atoms with Gasteiger partial charge in [-0.25, -0.2) is 4.79 Å². The highest BCUT2D eigenvalue weighted by molar-refractivity contribution is 5.75. The van der Waals surface area contributed by atoms with Crippen LogP contribution in [0.5, 0.6) is 0 Å². The molecule has 0 aromatic carbocycles. The molecule has 0 aromatic heterocycles. The molecule has 104 valence electrons. The largest absolute Gasteiger partial charge is 0.335 e. The van der Waals surface area contributed by atoms with E-state index in [0.717, 1.165) is 19.4 Å². The van der Waals surface area contributed by atoms with Crippen LogP contribution in [-0.2, 0) is 0 Å². The minimum Gasteiger partial charge on any atom is -0.335 e. The van der Waals surface area contributed by atoms with Crippen LogP contribution in [0.3, 0.4) is 0 Å². The van der Waals surface area contributed by atoms with Crippen LogP contribution in [0.15, 0.2) is 0 Å². The lowest BCUT2D eigenvalue weighted by atomic mass is 9.78. The lowest BCUT2D eigenvalue weighted by Crippen LogP contribution is -2.60. The molecule has 2 fully saturated rings. The minimum atomic E-state index is 0.00630. The zero-order valence-electron chi connectivity index (χ0n) is 11.9. The van der Waals surface area contributed by atoms with Crippen LogP contribution in [0.25, 0.3) is 0 Å². The fourth-order valence-electron chi connectivity index (χ4n) is 3.15. The minimum absolute atomic E-state index is 0.00630. The number of carbonyl (C=O) groups is 1. The van der Waals surface area contributed by atoms with E-state index in [0.29, 0.717) is 12.0 Å². The molecule has 4 nitrogen and oxygen atoms in total. The summed E-state index contributed by atoms with van der Waals surface area (Å²) in [5.41, 5.74) is 0.0129. The summed E-state index contributed by atoms with van der Waals surface area (Å²) in [6.07, 6.45) is 5.90. The number of urea groups is 1. The topological polar surface area (TPSA) is 53.2 Å². The van der Waals surface area contributed by atoms with Gasteiger partial charge in [-0.1, -0.05) is 26.7 Å². The van der Waals surface area contributed by atoms with Crippen molar-refractivity contribution in [3.05, 3.63) is 0 Å². The Balaban J connectivity index is 1.93. The van der Waals surface area contributed by atoms with Crippen molar-refractivity contribution in [3.8, 4) is 0 Å². The Morgan fingerprint density at radius 2 is 2.06 bits per heavy atom. The van der Waals surface area contributed by atoms with Crippen molar-refractivity contribution in [1.82, 2.24) is 16.0 Å². The molecule has 4 heteroatoms. The van der Waals surface area contributed by atoms with Gasteiger partial charge in [0.1, 0.15) is 0 Å². The fourth-order valence-corrected chi connectivity index (χ4v) is 3.15. The zero-order valence-corrected chi connectivity index (χ0v) is 11.9. The lowest BCUT2D eigenvalue weighted by Gasteiger charge is -2.40. The maximum atomic E-state index is 12.1. The third-order valence-electron chi connectivity index (χ3n) is 4.72. The number of hydrogen-bond donors (Lipinski definition) is 3. The van der Waals surface area contributed by atoms with E-state index in [1.807, 2.05) is 0 Å². The monoisotopic (exact) mass is 253 g/mol. The molecule has 1 saturated carbocycles. The van der Waals surface area contributed by atoms with Gasteiger partial charge in [-0.3, -0.25) is 0 Å². The summed E-state index contributed by atoms with van der Waals surface area (Å²) in [5.74, 6) is 0.470. The SMILES string of the molecule is CC(C)C(C)NC(=O)NC12CCCCC1NCC2. The number of fused-ring (bicyclic) bond motifs is 1. The highest BCUT2D eigenvalue weighted by Crippen LogP contribution is 2.34. The van der Waals surface area contributed by atoms with Crippen molar-refractivity contribution >= 4 is 6.03 Å². The third-order valence-corrected chi connectivity index (χ3v) is 4.72. The molecule has 2 aliphatic rings. The first-order valence-corrected chi connectivity index (χ1v) is 7.35. The summed E-state index contributed by atoms with van der Waals surface area (Å²) in [7, 11) is 0. The van der Waals surface area contributed by atoms with E-state index in [2.05, 4.69) is 36.7 Å². The molecule has 1 heterocycles. The third kappa shape index (κ3) is 2.79. The van der Waals surface area contributed by atoms with Crippen molar-refractivity contribution in [2.24, 2.45) is 5.92 Å². The van der Waals surface area contributed by atoms with Crippen LogP contribution < -0.4 is 16.0 Å². The molecular weight excluding hydrogens is 226 g/mol. The maximum Gasteiger partial charge on any atom is 0.315 e. The maximum absolute atomic E-state index is 12.1. The molecule has 1 aliphatic heterocycles. The van der Waals surface area contributed by atoms with Crippen LogP contribution >= 0.6 is 0 Å². The predicted octanol–water partition coefficient (Wildman–Crippen LogP) is 2.00. The molecule has 2 amide bonds. The number of nitrogens with one attached hydrogen (secondary N) is 3. The number of hydrogen-bond acceptors (Lipinski definition) is 2. The Morgan fingerprint density at radius 3 is 2.78 bits per heavy atom. The second kappa shape index (κ2) is 5.47. The molecule has 1 saturated heterocycles. The highest BCUT2D eigenvalue weighted by atomic mass is 16.2. The second-order valence-corrected chi connectivity index (χ2v) is 6.29. The molecule has 0 spiro atoms. The zero-order chi connectivity index (χ0) is 13.2. The van der Waals surface area contributed by atoms with Crippen molar-refractivity contribution in [2.45, 2.75) is 70.5 Å². The molecule has 3 atom stereocenters. The van der Waals surface area contributed by atoms with Gasteiger partial charge >= 0.3 is 6.03 Å². The molecule has 0 radical (unpaired) electrons. The van der Waals surface area contributed by atoms with Crippen molar-refractivity contribution in [3.63, 3.8) is 0 Å². The summed E-state index contributed by atoms with van der Waals surface area (Å²) < 4.78 is 0. The van der Waals surface area contributed by atoms with Gasteiger partial charge in [0.2, 0.25) is 0 Å². The standard InChI is InChI=1S/C14H27N3O/c1-10(2)11(3)16-13(18)17-14-7-5-4-6-12(14)15-9-8-14/h10-12,15H,4-9H2,1-3H3,(H2,16,17,18). The smallest absolute Gasteiger partial charge is 0.315 e. The van der Waals surface area contributed by atoms with E-state index in [1.54, 1.807) is 0 Å². The first kappa shape index (κ1) is 13.7. The first-order chi connectivity index (χ1) is 8.53. The summed E-state index contributed by atoms with van der Waals surface area (Å²) in [4.78, 5) is 12.1. The average molecular weight is 253 g/mol. The van der Waals surface area contributed by atoms with Gasteiger partial charge in [0.05, 0.1) is 5.54 Å². The average Bonchev–Trinajstić information content (AvgIpc) is 2.71. The molecule has 1 aliphatic carbocycles. The van der Waals surface area contributed by atoms with Crippen molar-refractivity contribution < 1.29 is 4.79 Å². The summed E-state index contributed by atoms with van der Waals surface area (Å²) in [6, 6.07) is 0.705. The van der Waals surface area contributed by atoms with Gasteiger partial charge < -0.3 is 16.0 Å². The van der Waals surface area contributed by atoms with Crippen LogP contribution in [0.4, 0.5) is 4.79 Å². The van der Waals surface area contributed by atoms with E-state index in [1.165, 1.54) is 19.3 Å². The Bertz CT molecular complexity index is 305. The van der Waals surface area contributed by atoms with Gasteiger partial charge in [-0.05, 0) is 38.6 Å². The summed E-state index contributed by atoms with van der Waals surface area (Å²) in [6.45, 7) is 7.35. The van der Waals surface area contributed by atoms with Crippen LogP contribution in [0.2, 0.25) is 0 Å². The summed E-state index contributed by atoms with van der Waals surface area (Å²) in [5, 5.41) is 9.86. The van der Waals surface area contributed by atoms with Crippen molar-refractivity contribution in [2.75, 3.05) is 6.54 Å². The molecule has 2 rings (SSSR count). The number of rotatable bonds is 3. The Labute approximate surface area is 110 Å². The van der Waals surface area contributed by atoms with Gasteiger partial charge in [-0.15, -0.1) is 0 Å². The lowest BCUT2D eigenvalue weighted by molar-refractivity contribution is 0.190. The Hall–Kier alpha value is -0.770. The quantitative estimate of drug-likeness (QED) is 0.720. The Kier molecular flexibility index (Phi) is 4.15. The first-order valence-electron chi connectivity index (χ1n) is 7.35. The Morgan fingerprint density at radius 1 is 1.28 bits per heavy atom. The number of amides is 2. The summed E-state index contributed by atoms with van der Waals surface area (Å²) >= 11 is 0. The van der Waals surface area contributed by atoms with E-state index in [9.17, 15) is 4.79 Å². The van der Waals surface area contributed by atoms with Crippen LogP contribution in [0.1, 0.15) is 52.9 Å². The fraction of sp³-hybridized carbons (Fsp3) is 0.929.